The number of rotatable bonds is 16. The van der Waals surface area contributed by atoms with Gasteiger partial charge in [0.2, 0.25) is 41.7 Å². The van der Waals surface area contributed by atoms with Crippen molar-refractivity contribution in [2.75, 3.05) is 46.1 Å². The first kappa shape index (κ1) is 73.3. The van der Waals surface area contributed by atoms with E-state index in [2.05, 4.69) is 47.2 Å². The first-order valence-electron chi connectivity index (χ1n) is 29.8. The Hall–Kier alpha value is -7.12. The number of amides is 6. The number of ether oxygens (including phenoxy) is 5. The Labute approximate surface area is 530 Å². The summed E-state index contributed by atoms with van der Waals surface area (Å²) in [5, 5.41) is 162. The number of aliphatic imine (C=N–C) groups is 2. The van der Waals surface area contributed by atoms with Crippen LogP contribution in [0.25, 0.3) is 0 Å². The van der Waals surface area contributed by atoms with Gasteiger partial charge in [0, 0.05) is 5.92 Å². The number of benzene rings is 2. The van der Waals surface area contributed by atoms with Crippen molar-refractivity contribution in [2.24, 2.45) is 21.5 Å². The molecule has 6 aliphatic rings. The fourth-order valence-corrected chi connectivity index (χ4v) is 11.0. The Kier molecular flexibility index (Phi) is 25.9. The lowest BCUT2D eigenvalue weighted by atomic mass is 9.92. The highest BCUT2D eigenvalue weighted by Crippen LogP contribution is 2.32. The van der Waals surface area contributed by atoms with Gasteiger partial charge in [0.15, 0.2) is 24.4 Å². The van der Waals surface area contributed by atoms with Crippen LogP contribution >= 0.6 is 0 Å². The molecular formula is C56H84N12O25. The molecular weight excluding hydrogens is 1240 g/mol. The van der Waals surface area contributed by atoms with E-state index in [-0.39, 0.29) is 18.9 Å². The van der Waals surface area contributed by atoms with E-state index in [0.29, 0.717) is 11.3 Å². The van der Waals surface area contributed by atoms with E-state index < -0.39 is 233 Å². The smallest absolute Gasteiger partial charge is 0.246 e. The monoisotopic (exact) mass is 1320 g/mol. The molecule has 8 rings (SSSR count). The zero-order valence-electron chi connectivity index (χ0n) is 50.5. The summed E-state index contributed by atoms with van der Waals surface area (Å²) < 4.78 is 27.5. The highest BCUT2D eigenvalue weighted by Gasteiger charge is 2.54. The molecule has 2 aromatic rings. The van der Waals surface area contributed by atoms with Crippen molar-refractivity contribution in [2.45, 2.75) is 180 Å². The number of hydrogen-bond acceptors (Lipinski definition) is 31. The number of carbonyl (C=O) groups excluding carboxylic acids is 6. The third-order valence-electron chi connectivity index (χ3n) is 16.6. The Bertz CT molecular complexity index is 2910. The molecule has 2 aromatic carbocycles. The second-order valence-corrected chi connectivity index (χ2v) is 22.9. The van der Waals surface area contributed by atoms with Crippen LogP contribution in [0.5, 0.6) is 5.75 Å². The van der Waals surface area contributed by atoms with Gasteiger partial charge in [-0.2, -0.15) is 0 Å². The molecule has 37 heteroatoms. The van der Waals surface area contributed by atoms with E-state index in [1.165, 1.54) is 6.92 Å². The number of carbonyl (C=O) groups is 6. The molecule has 4 saturated heterocycles. The fraction of sp³-hybridized carbons (Fsp3) is 0.643. The van der Waals surface area contributed by atoms with Crippen LogP contribution in [0.4, 0.5) is 0 Å². The van der Waals surface area contributed by atoms with Gasteiger partial charge in [-0.1, -0.05) is 61.9 Å². The van der Waals surface area contributed by atoms with Gasteiger partial charge in [-0.3, -0.25) is 38.8 Å². The van der Waals surface area contributed by atoms with E-state index in [1.807, 2.05) is 6.92 Å². The number of aliphatic hydroxyl groups excluding tert-OH is 14. The molecule has 0 spiro atoms. The molecule has 0 aromatic heterocycles. The van der Waals surface area contributed by atoms with E-state index in [1.54, 1.807) is 61.5 Å². The van der Waals surface area contributed by atoms with Crippen LogP contribution in [-0.4, -0.2) is 316 Å². The first-order chi connectivity index (χ1) is 44.2. The molecule has 25 N–H and O–H groups in total. The Morgan fingerprint density at radius 1 is 0.581 bits per heavy atom. The van der Waals surface area contributed by atoms with E-state index in [0.717, 1.165) is 10.5 Å². The maximum absolute atomic E-state index is 14.4. The molecule has 518 valence electrons. The van der Waals surface area contributed by atoms with Gasteiger partial charge in [-0.25, -0.2) is 0 Å². The third-order valence-corrected chi connectivity index (χ3v) is 16.6. The zero-order chi connectivity index (χ0) is 68.3. The van der Waals surface area contributed by atoms with Gasteiger partial charge in [-0.05, 0) is 31.0 Å². The van der Waals surface area contributed by atoms with Crippen molar-refractivity contribution in [3.05, 3.63) is 65.7 Å². The molecule has 6 aliphatic heterocycles. The van der Waals surface area contributed by atoms with E-state index in [9.17, 15) is 100 Å². The molecule has 0 radical (unpaired) electrons. The molecule has 0 saturated carbocycles. The first-order valence-corrected chi connectivity index (χ1v) is 29.8. The maximum atomic E-state index is 14.4. The second-order valence-electron chi connectivity index (χ2n) is 22.9. The van der Waals surface area contributed by atoms with Crippen molar-refractivity contribution in [3.8, 4) is 5.75 Å². The fourth-order valence-electron chi connectivity index (χ4n) is 11.0. The second kappa shape index (κ2) is 32.8. The van der Waals surface area contributed by atoms with Crippen molar-refractivity contribution >= 4 is 47.4 Å². The number of nitrogens with zero attached hydrogens (tertiary/aromatic N) is 3. The number of aryl methyl sites for hydroxylation is 1. The minimum atomic E-state index is -2.20. The predicted molar refractivity (Wildman–Crippen MR) is 314 cm³/mol. The summed E-state index contributed by atoms with van der Waals surface area (Å²) in [4.78, 5) is 92.2. The van der Waals surface area contributed by atoms with Crippen LogP contribution in [0, 0.1) is 6.92 Å². The standard InChI is InChI=1S/C37H56N12O14.C19H28O11/c1-3-16-31(59)47-23(25(53)17-9-41-36(38)45-17)34(62)48-24(26(54)19-10-42-37(39)49(19)35-29(57)28(56)27(55)20(13-51)63-35)33(61)44-18(12-50)30(58)40-11-21(52)46-22(32(60)43-16)14(2)15-7-5-4-6-8-15;1-8-2-4-9(5-3-8)27-18-16(26)14(24)17(11(7-21)29-18)30-19-15(25)13(23)12(22)10(6-20)28-19/h4-8,14,16-20,22-29,35,50-51,53-57H,3,9-13H2,1-2H3,(H2,39,42)(H,40,58)(H,43,60)(H,44,61)(H,46,52)(H,47,59)(H,48,62)(H3,38,41,45);2-5,10-26H,6-7H2,1H3. The van der Waals surface area contributed by atoms with Crippen molar-refractivity contribution < 1.29 is 124 Å². The normalized spacial score (nSPS) is 36.8. The largest absolute Gasteiger partial charge is 0.462 e. The van der Waals surface area contributed by atoms with Gasteiger partial charge in [0.1, 0.15) is 121 Å². The molecule has 93 heavy (non-hydrogen) atoms. The van der Waals surface area contributed by atoms with Crippen molar-refractivity contribution in [1.29, 1.82) is 0 Å². The molecule has 25 atom stereocenters. The maximum Gasteiger partial charge on any atom is 0.246 e. The van der Waals surface area contributed by atoms with E-state index >= 15 is 0 Å². The molecule has 37 nitrogen and oxygen atoms in total. The van der Waals surface area contributed by atoms with E-state index in [4.69, 9.17) is 35.2 Å². The average Bonchev–Trinajstić information content (AvgIpc) is 1.78. The molecule has 6 amide bonds. The molecule has 4 fully saturated rings. The lowest BCUT2D eigenvalue weighted by Gasteiger charge is -2.46. The summed E-state index contributed by atoms with van der Waals surface area (Å²) in [6.45, 7) is 0.422. The number of nitrogens with two attached hydrogens (primary N) is 2. The molecule has 6 heterocycles. The lowest BCUT2D eigenvalue weighted by molar-refractivity contribution is -0.352. The van der Waals surface area contributed by atoms with Gasteiger partial charge in [0.05, 0.1) is 58.1 Å². The van der Waals surface area contributed by atoms with Crippen molar-refractivity contribution in [1.82, 2.24) is 42.1 Å². The molecule has 25 unspecified atom stereocenters. The zero-order valence-corrected chi connectivity index (χ0v) is 50.5. The van der Waals surface area contributed by atoms with Gasteiger partial charge in [-0.15, -0.1) is 0 Å². The highest BCUT2D eigenvalue weighted by atomic mass is 16.7. The van der Waals surface area contributed by atoms with Crippen LogP contribution in [0.15, 0.2) is 64.6 Å². The molecule has 0 bridgehead atoms. The summed E-state index contributed by atoms with van der Waals surface area (Å²) >= 11 is 0. The van der Waals surface area contributed by atoms with Gasteiger partial charge in [0.25, 0.3) is 0 Å². The summed E-state index contributed by atoms with van der Waals surface area (Å²) in [7, 11) is 0. The minimum Gasteiger partial charge on any atom is -0.462 e. The number of guanidine groups is 2. The van der Waals surface area contributed by atoms with Gasteiger partial charge < -0.3 is 149 Å². The Morgan fingerprint density at radius 3 is 1.74 bits per heavy atom. The summed E-state index contributed by atoms with van der Waals surface area (Å²) in [5.74, 6) is -7.36. The summed E-state index contributed by atoms with van der Waals surface area (Å²) in [6, 6.07) is 4.03. The third kappa shape index (κ3) is 17.2. The van der Waals surface area contributed by atoms with Gasteiger partial charge >= 0.3 is 0 Å². The van der Waals surface area contributed by atoms with Crippen LogP contribution in [0.3, 0.4) is 0 Å². The lowest BCUT2D eigenvalue weighted by Crippen LogP contribution is -2.70. The quantitative estimate of drug-likeness (QED) is 0.0742. The van der Waals surface area contributed by atoms with Crippen LogP contribution < -0.4 is 53.4 Å². The molecule has 0 aliphatic carbocycles. The number of aliphatic hydroxyl groups is 14. The SMILES string of the molecule is CCC1NC(=O)C(C(C)c2ccccc2)NC(=O)CNC(=O)C(CO)NC(=O)C(C(O)C2CN=C(N)N2C2OC(CO)C(O)C(O)C2O)NC(=O)C(C(O)C2CN=C(N)N2)NC1=O.Cc1ccc(OC2OC(CO)C(OC3OC(CO)C(O)C(O)C3O)C(O)C2O)cc1. The number of hydrogen-bond donors (Lipinski definition) is 23. The topological polar surface area (TPSA) is 596 Å². The van der Waals surface area contributed by atoms with Crippen molar-refractivity contribution in [3.63, 3.8) is 0 Å². The van der Waals surface area contributed by atoms with Crippen LogP contribution in [0.2, 0.25) is 0 Å². The Balaban J connectivity index is 0.000000339. The number of nitrogens with one attached hydrogen (secondary N) is 7. The Morgan fingerprint density at radius 2 is 1.14 bits per heavy atom. The predicted octanol–water partition coefficient (Wildman–Crippen LogP) is -12.4. The summed E-state index contributed by atoms with van der Waals surface area (Å²) in [5.41, 5.74) is 13.5. The summed E-state index contributed by atoms with van der Waals surface area (Å²) in [6.07, 6.45) is -27.8. The average molecular weight is 1330 g/mol. The van der Waals surface area contributed by atoms with Crippen LogP contribution in [0.1, 0.15) is 37.3 Å². The van der Waals surface area contributed by atoms with Crippen LogP contribution in [-0.2, 0) is 47.7 Å². The minimum absolute atomic E-state index is 0.0840. The highest BCUT2D eigenvalue weighted by molar-refractivity contribution is 5.98.